The van der Waals surface area contributed by atoms with Gasteiger partial charge in [0.25, 0.3) is 0 Å². The number of carbonyl (C=O) groups is 2. The van der Waals surface area contributed by atoms with Crippen LogP contribution in [0.5, 0.6) is 0 Å². The maximum atomic E-state index is 11.9. The molecule has 2 heterocycles. The van der Waals surface area contributed by atoms with Gasteiger partial charge in [-0.3, -0.25) is 4.79 Å². The maximum absolute atomic E-state index is 11.9. The lowest BCUT2D eigenvalue weighted by Crippen LogP contribution is -2.67. The minimum absolute atomic E-state index is 0.00797. The van der Waals surface area contributed by atoms with E-state index in [-0.39, 0.29) is 35.3 Å². The highest BCUT2D eigenvalue weighted by molar-refractivity contribution is 5.85. The monoisotopic (exact) mass is 446 g/mol. The fourth-order valence-electron chi connectivity index (χ4n) is 9.50. The van der Waals surface area contributed by atoms with E-state index in [4.69, 9.17) is 14.2 Å². The molecule has 176 valence electrons. The molecule has 0 aromatic rings. The third kappa shape index (κ3) is 2.43. The zero-order valence-corrected chi connectivity index (χ0v) is 19.0. The number of fused-ring (bicyclic) bond motifs is 1. The first kappa shape index (κ1) is 21.1. The topological polar surface area (TPSA) is 102 Å². The lowest BCUT2D eigenvalue weighted by Gasteiger charge is -2.63. The number of ether oxygens (including phenoxy) is 3. The molecule has 0 unspecified atom stereocenters. The molecule has 0 amide bonds. The van der Waals surface area contributed by atoms with E-state index in [2.05, 4.69) is 6.92 Å². The van der Waals surface area contributed by atoms with Gasteiger partial charge in [-0.1, -0.05) is 6.92 Å². The van der Waals surface area contributed by atoms with Crippen LogP contribution in [0.15, 0.2) is 11.6 Å². The van der Waals surface area contributed by atoms with Crippen LogP contribution >= 0.6 is 0 Å². The minimum Gasteiger partial charge on any atom is -0.462 e. The van der Waals surface area contributed by atoms with Crippen LogP contribution in [0, 0.1) is 28.6 Å². The van der Waals surface area contributed by atoms with E-state index >= 15 is 0 Å². The molecule has 1 spiro atoms. The molecule has 6 rings (SSSR count). The van der Waals surface area contributed by atoms with Gasteiger partial charge in [-0.2, -0.15) is 0 Å². The van der Waals surface area contributed by atoms with Gasteiger partial charge in [-0.15, -0.1) is 0 Å². The highest BCUT2D eigenvalue weighted by Crippen LogP contribution is 2.76. The number of aliphatic hydroxyl groups excluding tert-OH is 1. The van der Waals surface area contributed by atoms with Gasteiger partial charge in [-0.25, -0.2) is 4.79 Å². The second kappa shape index (κ2) is 6.57. The Bertz CT molecular complexity index is 899. The first-order valence-corrected chi connectivity index (χ1v) is 12.3. The Morgan fingerprint density at radius 3 is 2.66 bits per heavy atom. The Kier molecular flexibility index (Phi) is 4.34. The molecule has 0 aromatic heterocycles. The summed E-state index contributed by atoms with van der Waals surface area (Å²) >= 11 is 0. The van der Waals surface area contributed by atoms with Gasteiger partial charge < -0.3 is 24.4 Å². The molecule has 1 saturated heterocycles. The van der Waals surface area contributed by atoms with Crippen molar-refractivity contribution in [2.45, 2.75) is 95.2 Å². The van der Waals surface area contributed by atoms with Crippen LogP contribution in [0.25, 0.3) is 0 Å². The van der Waals surface area contributed by atoms with Crippen molar-refractivity contribution in [3.63, 3.8) is 0 Å². The summed E-state index contributed by atoms with van der Waals surface area (Å²) in [5.74, 6) is 0.108. The molecule has 7 heteroatoms. The molecule has 32 heavy (non-hydrogen) atoms. The summed E-state index contributed by atoms with van der Waals surface area (Å²) < 4.78 is 17.3. The van der Waals surface area contributed by atoms with Crippen molar-refractivity contribution < 1.29 is 34.0 Å². The highest BCUT2D eigenvalue weighted by Gasteiger charge is 2.79. The summed E-state index contributed by atoms with van der Waals surface area (Å²) in [5, 5.41) is 23.3. The molecule has 2 bridgehead atoms. The van der Waals surface area contributed by atoms with Crippen LogP contribution in [-0.2, 0) is 23.8 Å². The molecule has 2 aliphatic heterocycles. The lowest BCUT2D eigenvalue weighted by molar-refractivity contribution is -0.234. The lowest BCUT2D eigenvalue weighted by atomic mass is 9.42. The quantitative estimate of drug-likeness (QED) is 0.629. The molecule has 4 saturated carbocycles. The molecule has 0 radical (unpaired) electrons. The third-order valence-corrected chi connectivity index (χ3v) is 10.6. The zero-order chi connectivity index (χ0) is 22.5. The van der Waals surface area contributed by atoms with Crippen molar-refractivity contribution in [1.82, 2.24) is 0 Å². The summed E-state index contributed by atoms with van der Waals surface area (Å²) in [6, 6.07) is 0. The fourth-order valence-corrected chi connectivity index (χ4v) is 9.50. The van der Waals surface area contributed by atoms with Gasteiger partial charge in [0, 0.05) is 25.3 Å². The smallest absolute Gasteiger partial charge is 0.331 e. The number of hydrogen-bond donors (Lipinski definition) is 2. The van der Waals surface area contributed by atoms with Gasteiger partial charge in [0.15, 0.2) is 6.29 Å². The molecular formula is C25H34O7. The summed E-state index contributed by atoms with van der Waals surface area (Å²) in [4.78, 5) is 23.3. The van der Waals surface area contributed by atoms with Crippen molar-refractivity contribution in [1.29, 1.82) is 0 Å². The minimum atomic E-state index is -1.09. The first-order chi connectivity index (χ1) is 15.1. The van der Waals surface area contributed by atoms with Gasteiger partial charge in [0.05, 0.1) is 16.6 Å². The van der Waals surface area contributed by atoms with Crippen LogP contribution < -0.4 is 0 Å². The summed E-state index contributed by atoms with van der Waals surface area (Å²) in [5.41, 5.74) is -1.13. The van der Waals surface area contributed by atoms with Crippen molar-refractivity contribution >= 4 is 11.9 Å². The normalized spacial score (nSPS) is 53.7. The standard InChI is InChI=1S/C25H34O7/c1-14(26)31-16-5-8-24-19-6-7-22(2)17(15-11-20(27)30-13-15)3-4-18(22)25(19,32-21(24)28)10-9-23(24,29)12-16/h11,16-19,21,28-29H,3-10,12-13H2,1-2H3/t16-,17-,18-,19-,21+,22-,23-,24-,25-/m1/s1. The Hall–Kier alpha value is -1.44. The third-order valence-electron chi connectivity index (χ3n) is 10.6. The van der Waals surface area contributed by atoms with Crippen LogP contribution in [0.4, 0.5) is 0 Å². The van der Waals surface area contributed by atoms with Crippen LogP contribution in [0.2, 0.25) is 0 Å². The van der Waals surface area contributed by atoms with Gasteiger partial charge in [0.1, 0.15) is 12.7 Å². The van der Waals surface area contributed by atoms with E-state index < -0.39 is 22.9 Å². The predicted molar refractivity (Wildman–Crippen MR) is 112 cm³/mol. The molecule has 2 N–H and O–H groups in total. The van der Waals surface area contributed by atoms with Gasteiger partial charge in [0.2, 0.25) is 0 Å². The molecular weight excluding hydrogens is 412 g/mol. The second-order valence-electron chi connectivity index (χ2n) is 11.6. The van der Waals surface area contributed by atoms with Crippen molar-refractivity contribution in [2.24, 2.45) is 28.6 Å². The van der Waals surface area contributed by atoms with Crippen molar-refractivity contribution in [3.8, 4) is 0 Å². The van der Waals surface area contributed by atoms with Crippen molar-refractivity contribution in [2.75, 3.05) is 6.61 Å². The van der Waals surface area contributed by atoms with Crippen LogP contribution in [-0.4, -0.2) is 52.4 Å². The first-order valence-electron chi connectivity index (χ1n) is 12.3. The van der Waals surface area contributed by atoms with E-state index in [1.165, 1.54) is 6.92 Å². The summed E-state index contributed by atoms with van der Waals surface area (Å²) in [6.07, 6.45) is 7.15. The average Bonchev–Trinajstić information content (AvgIpc) is 3.34. The van der Waals surface area contributed by atoms with Crippen LogP contribution in [0.3, 0.4) is 0 Å². The summed E-state index contributed by atoms with van der Waals surface area (Å²) in [6.45, 7) is 4.14. The Morgan fingerprint density at radius 2 is 1.94 bits per heavy atom. The second-order valence-corrected chi connectivity index (χ2v) is 11.6. The predicted octanol–water partition coefficient (Wildman–Crippen LogP) is 2.63. The van der Waals surface area contributed by atoms with E-state index in [0.29, 0.717) is 44.6 Å². The molecule has 7 nitrogen and oxygen atoms in total. The van der Waals surface area contributed by atoms with E-state index in [9.17, 15) is 19.8 Å². The number of cyclic esters (lactones) is 1. The Labute approximate surface area is 188 Å². The Balaban J connectivity index is 1.35. The van der Waals surface area contributed by atoms with E-state index in [0.717, 1.165) is 31.3 Å². The van der Waals surface area contributed by atoms with E-state index in [1.807, 2.05) is 0 Å². The molecule has 4 aliphatic carbocycles. The zero-order valence-electron chi connectivity index (χ0n) is 19.0. The SMILES string of the molecule is CC(=O)O[C@@H]1CC[C@@]23[C@@H](O)O[C@]4(CC[C@@]2(O)C1)[C@@H]1CC[C@H](C2=CC(=O)OC2)[C@@]1(C)CC[C@@H]43. The van der Waals surface area contributed by atoms with Crippen LogP contribution in [0.1, 0.15) is 71.6 Å². The maximum Gasteiger partial charge on any atom is 0.331 e. The number of esters is 2. The fraction of sp³-hybridized carbons (Fsp3) is 0.840. The number of aliphatic hydroxyl groups is 2. The molecule has 5 fully saturated rings. The number of rotatable bonds is 2. The van der Waals surface area contributed by atoms with Gasteiger partial charge in [-0.05, 0) is 74.2 Å². The number of hydrogen-bond acceptors (Lipinski definition) is 7. The molecule has 9 atom stereocenters. The number of carbonyl (C=O) groups excluding carboxylic acids is 2. The van der Waals surface area contributed by atoms with E-state index in [1.54, 1.807) is 6.08 Å². The largest absolute Gasteiger partial charge is 0.462 e. The Morgan fingerprint density at radius 1 is 1.12 bits per heavy atom. The molecule has 6 aliphatic rings. The molecule has 0 aromatic carbocycles. The van der Waals surface area contributed by atoms with Crippen molar-refractivity contribution in [3.05, 3.63) is 11.6 Å². The highest BCUT2D eigenvalue weighted by atomic mass is 16.6. The summed E-state index contributed by atoms with van der Waals surface area (Å²) in [7, 11) is 0. The van der Waals surface area contributed by atoms with Gasteiger partial charge >= 0.3 is 11.9 Å². The average molecular weight is 447 g/mol.